The molecule has 0 aliphatic heterocycles. The van der Waals surface area contributed by atoms with Gasteiger partial charge in [-0.3, -0.25) is 0 Å². The summed E-state index contributed by atoms with van der Waals surface area (Å²) in [6, 6.07) is 8.72. The first-order valence-electron chi connectivity index (χ1n) is 7.76. The summed E-state index contributed by atoms with van der Waals surface area (Å²) in [5.41, 5.74) is 1.02. The van der Waals surface area contributed by atoms with Crippen LogP contribution in [-0.2, 0) is 20.9 Å². The smallest absolute Gasteiger partial charge is 0.407 e. The molecule has 0 saturated heterocycles. The number of carbonyl (C=O) groups excluding carboxylic acids is 2. The molecule has 2 N–H and O–H groups in total. The normalized spacial score (nSPS) is 13.0. The Balaban J connectivity index is 2.56. The van der Waals surface area contributed by atoms with Gasteiger partial charge in [0.2, 0.25) is 0 Å². The summed E-state index contributed by atoms with van der Waals surface area (Å²) in [5, 5.41) is 12.9. The monoisotopic (exact) mass is 335 g/mol. The maximum absolute atomic E-state index is 12.0. The molecule has 0 bridgehead atoms. The van der Waals surface area contributed by atoms with Crippen molar-refractivity contribution in [2.45, 2.75) is 39.0 Å². The predicted octanol–water partition coefficient (Wildman–Crippen LogP) is 2.42. The third-order valence-electron chi connectivity index (χ3n) is 3.56. The van der Waals surface area contributed by atoms with Gasteiger partial charge in [-0.15, -0.1) is 0 Å². The van der Waals surface area contributed by atoms with Crippen LogP contribution in [0.25, 0.3) is 0 Å². The van der Waals surface area contributed by atoms with Gasteiger partial charge in [0.05, 0.1) is 19.3 Å². The molecule has 24 heavy (non-hydrogen) atoms. The molecular weight excluding hydrogens is 310 g/mol. The Labute approximate surface area is 142 Å². The average Bonchev–Trinajstić information content (AvgIpc) is 2.57. The Kier molecular flexibility index (Phi) is 7.98. The summed E-state index contributed by atoms with van der Waals surface area (Å²) >= 11 is 0. The SMILES string of the molecule is C=C(C[C@H](O)[C@@H](NC(=O)OCc1ccccc1)C(C)C)C(=O)OC. The second-order valence-corrected chi connectivity index (χ2v) is 5.84. The number of ether oxygens (including phenoxy) is 2. The second-order valence-electron chi connectivity index (χ2n) is 5.84. The molecule has 2 atom stereocenters. The first-order valence-corrected chi connectivity index (χ1v) is 7.76. The zero-order valence-electron chi connectivity index (χ0n) is 14.3. The lowest BCUT2D eigenvalue weighted by atomic mass is 9.94. The number of rotatable bonds is 8. The predicted molar refractivity (Wildman–Crippen MR) is 90.2 cm³/mol. The number of carbonyl (C=O) groups is 2. The van der Waals surface area contributed by atoms with E-state index < -0.39 is 24.2 Å². The maximum atomic E-state index is 12.0. The lowest BCUT2D eigenvalue weighted by Crippen LogP contribution is -2.47. The third-order valence-corrected chi connectivity index (χ3v) is 3.56. The molecule has 0 aromatic heterocycles. The van der Waals surface area contributed by atoms with Crippen LogP contribution in [-0.4, -0.2) is 36.4 Å². The number of nitrogens with one attached hydrogen (secondary N) is 1. The number of esters is 1. The van der Waals surface area contributed by atoms with Crippen LogP contribution in [0.2, 0.25) is 0 Å². The van der Waals surface area contributed by atoms with Gasteiger partial charge in [-0.1, -0.05) is 50.8 Å². The van der Waals surface area contributed by atoms with Gasteiger partial charge >= 0.3 is 12.1 Å². The zero-order chi connectivity index (χ0) is 18.1. The highest BCUT2D eigenvalue weighted by molar-refractivity contribution is 5.87. The van der Waals surface area contributed by atoms with Gasteiger partial charge in [-0.05, 0) is 11.5 Å². The van der Waals surface area contributed by atoms with Crippen molar-refractivity contribution in [2.75, 3.05) is 7.11 Å². The zero-order valence-corrected chi connectivity index (χ0v) is 14.3. The molecule has 1 amide bonds. The molecule has 132 valence electrons. The Morgan fingerprint density at radius 2 is 1.88 bits per heavy atom. The molecule has 0 aliphatic rings. The van der Waals surface area contributed by atoms with Crippen molar-refractivity contribution in [2.24, 2.45) is 5.92 Å². The molecule has 0 spiro atoms. The maximum Gasteiger partial charge on any atom is 0.407 e. The summed E-state index contributed by atoms with van der Waals surface area (Å²) in [6.45, 7) is 7.43. The van der Waals surface area contributed by atoms with Gasteiger partial charge in [0.25, 0.3) is 0 Å². The van der Waals surface area contributed by atoms with E-state index >= 15 is 0 Å². The highest BCUT2D eigenvalue weighted by atomic mass is 16.5. The first kappa shape index (κ1) is 19.7. The fourth-order valence-electron chi connectivity index (χ4n) is 2.22. The lowest BCUT2D eigenvalue weighted by Gasteiger charge is -2.27. The summed E-state index contributed by atoms with van der Waals surface area (Å²) in [5.74, 6) is -0.641. The van der Waals surface area contributed by atoms with Gasteiger partial charge in [-0.25, -0.2) is 9.59 Å². The van der Waals surface area contributed by atoms with Gasteiger partial charge in [0, 0.05) is 12.0 Å². The van der Waals surface area contributed by atoms with E-state index in [0.717, 1.165) is 5.56 Å². The summed E-state index contributed by atoms with van der Waals surface area (Å²) in [6.07, 6.45) is -1.59. The minimum Gasteiger partial charge on any atom is -0.466 e. The summed E-state index contributed by atoms with van der Waals surface area (Å²) < 4.78 is 9.72. The molecule has 1 aromatic carbocycles. The summed E-state index contributed by atoms with van der Waals surface area (Å²) in [4.78, 5) is 23.3. The van der Waals surface area contributed by atoms with Crippen LogP contribution in [0.1, 0.15) is 25.8 Å². The molecule has 6 nitrogen and oxygen atoms in total. The van der Waals surface area contributed by atoms with E-state index in [4.69, 9.17) is 4.74 Å². The molecule has 0 unspecified atom stereocenters. The van der Waals surface area contributed by atoms with E-state index in [9.17, 15) is 14.7 Å². The Morgan fingerprint density at radius 3 is 2.42 bits per heavy atom. The summed E-state index contributed by atoms with van der Waals surface area (Å²) in [7, 11) is 1.25. The Morgan fingerprint density at radius 1 is 1.25 bits per heavy atom. The topological polar surface area (TPSA) is 84.9 Å². The molecule has 6 heteroatoms. The standard InChI is InChI=1S/C18H25NO5/c1-12(2)16(15(20)10-13(3)17(21)23-4)19-18(22)24-11-14-8-6-5-7-9-14/h5-9,12,15-16,20H,3,10-11H2,1-2,4H3,(H,19,22)/t15-,16-/m0/s1. The molecule has 0 fully saturated rings. The molecule has 0 aliphatic carbocycles. The van der Waals surface area contributed by atoms with Crippen molar-refractivity contribution in [3.05, 3.63) is 48.0 Å². The minimum atomic E-state index is -0.971. The van der Waals surface area contributed by atoms with Crippen LogP contribution < -0.4 is 5.32 Å². The van der Waals surface area contributed by atoms with E-state index in [1.54, 1.807) is 0 Å². The molecule has 1 rings (SSSR count). The van der Waals surface area contributed by atoms with Crippen LogP contribution in [0.4, 0.5) is 4.79 Å². The fraction of sp³-hybridized carbons (Fsp3) is 0.444. The number of alkyl carbamates (subject to hydrolysis) is 1. The van der Waals surface area contributed by atoms with Crippen LogP contribution in [0.3, 0.4) is 0 Å². The van der Waals surface area contributed by atoms with Crippen molar-refractivity contribution in [3.8, 4) is 0 Å². The van der Waals surface area contributed by atoms with Crippen molar-refractivity contribution < 1.29 is 24.2 Å². The van der Waals surface area contributed by atoms with E-state index in [1.165, 1.54) is 7.11 Å². The molecular formula is C18H25NO5. The number of benzene rings is 1. The van der Waals surface area contributed by atoms with Crippen molar-refractivity contribution >= 4 is 12.1 Å². The Bertz CT molecular complexity index is 556. The number of aliphatic hydroxyl groups is 1. The van der Waals surface area contributed by atoms with Crippen LogP contribution in [0.5, 0.6) is 0 Å². The van der Waals surface area contributed by atoms with Crippen LogP contribution in [0.15, 0.2) is 42.5 Å². The largest absolute Gasteiger partial charge is 0.466 e. The van der Waals surface area contributed by atoms with E-state index in [2.05, 4.69) is 16.6 Å². The van der Waals surface area contributed by atoms with Gasteiger partial charge in [-0.2, -0.15) is 0 Å². The number of hydrogen-bond donors (Lipinski definition) is 2. The van der Waals surface area contributed by atoms with E-state index in [1.807, 2.05) is 44.2 Å². The van der Waals surface area contributed by atoms with Crippen molar-refractivity contribution in [1.82, 2.24) is 5.32 Å². The van der Waals surface area contributed by atoms with E-state index in [-0.39, 0.29) is 24.5 Å². The van der Waals surface area contributed by atoms with Crippen molar-refractivity contribution in [1.29, 1.82) is 0 Å². The quantitative estimate of drug-likeness (QED) is 0.563. The molecule has 0 heterocycles. The number of aliphatic hydroxyl groups excluding tert-OH is 1. The van der Waals surface area contributed by atoms with Crippen LogP contribution >= 0.6 is 0 Å². The highest BCUT2D eigenvalue weighted by Crippen LogP contribution is 2.15. The average molecular weight is 335 g/mol. The number of amides is 1. The van der Waals surface area contributed by atoms with Crippen LogP contribution in [0, 0.1) is 5.92 Å². The van der Waals surface area contributed by atoms with Gasteiger partial charge in [0.1, 0.15) is 6.61 Å². The number of hydrogen-bond acceptors (Lipinski definition) is 5. The van der Waals surface area contributed by atoms with Gasteiger partial charge in [0.15, 0.2) is 0 Å². The lowest BCUT2D eigenvalue weighted by molar-refractivity contribution is -0.136. The fourth-order valence-corrected chi connectivity index (χ4v) is 2.22. The van der Waals surface area contributed by atoms with Crippen molar-refractivity contribution in [3.63, 3.8) is 0 Å². The Hall–Kier alpha value is -2.34. The molecule has 1 aromatic rings. The minimum absolute atomic E-state index is 0.00842. The second kappa shape index (κ2) is 9.72. The number of methoxy groups -OCH3 is 1. The first-order chi connectivity index (χ1) is 11.3. The molecule has 0 saturated carbocycles. The third kappa shape index (κ3) is 6.42. The highest BCUT2D eigenvalue weighted by Gasteiger charge is 2.27. The van der Waals surface area contributed by atoms with E-state index in [0.29, 0.717) is 0 Å². The molecule has 0 radical (unpaired) electrons. The van der Waals surface area contributed by atoms with Gasteiger partial charge < -0.3 is 19.9 Å².